The van der Waals surface area contributed by atoms with Crippen molar-refractivity contribution < 1.29 is 14.3 Å². The normalized spacial score (nSPS) is 13.9. The van der Waals surface area contributed by atoms with Crippen molar-refractivity contribution in [3.8, 4) is 0 Å². The molecule has 1 aliphatic rings. The predicted octanol–water partition coefficient (Wildman–Crippen LogP) is 3.02. The summed E-state index contributed by atoms with van der Waals surface area (Å²) < 4.78 is 5.05. The first kappa shape index (κ1) is 20.6. The van der Waals surface area contributed by atoms with Crippen molar-refractivity contribution in [2.24, 2.45) is 0 Å². The minimum atomic E-state index is -0.265. The first-order chi connectivity index (χ1) is 14.1. The molecule has 1 aromatic heterocycles. The number of carbonyl (C=O) groups excluding carboxylic acids is 2. The summed E-state index contributed by atoms with van der Waals surface area (Å²) in [5.74, 6) is 0.790. The van der Waals surface area contributed by atoms with Crippen LogP contribution in [-0.4, -0.2) is 66.1 Å². The van der Waals surface area contributed by atoms with Crippen LogP contribution in [-0.2, 0) is 11.3 Å². The van der Waals surface area contributed by atoms with Gasteiger partial charge in [0.05, 0.1) is 12.2 Å². The lowest BCUT2D eigenvalue weighted by atomic mass is 10.2. The summed E-state index contributed by atoms with van der Waals surface area (Å²) in [6.07, 6.45) is 1.38. The van der Waals surface area contributed by atoms with Crippen LogP contribution in [0.15, 0.2) is 48.7 Å². The molecule has 0 atom stereocenters. The average Bonchev–Trinajstić information content (AvgIpc) is 2.78. The van der Waals surface area contributed by atoms with Crippen LogP contribution in [0, 0.1) is 0 Å². The van der Waals surface area contributed by atoms with Crippen LogP contribution in [0.4, 0.5) is 10.6 Å². The van der Waals surface area contributed by atoms with Gasteiger partial charge < -0.3 is 19.4 Å². The van der Waals surface area contributed by atoms with Crippen LogP contribution in [0.2, 0.25) is 0 Å². The predicted molar refractivity (Wildman–Crippen MR) is 112 cm³/mol. The molecule has 0 unspecified atom stereocenters. The number of pyridine rings is 1. The van der Waals surface area contributed by atoms with E-state index in [0.717, 1.165) is 11.4 Å². The number of carbonyl (C=O) groups is 2. The molecule has 1 aromatic carbocycles. The number of hydrogen-bond donors (Lipinski definition) is 0. The molecule has 0 N–H and O–H groups in total. The van der Waals surface area contributed by atoms with Gasteiger partial charge in [0.15, 0.2) is 0 Å². The van der Waals surface area contributed by atoms with Crippen molar-refractivity contribution in [2.45, 2.75) is 20.4 Å². The highest BCUT2D eigenvalue weighted by Gasteiger charge is 2.23. The van der Waals surface area contributed by atoms with Gasteiger partial charge in [0, 0.05) is 45.5 Å². The van der Waals surface area contributed by atoms with Gasteiger partial charge in [0.25, 0.3) is 5.91 Å². The Bertz CT molecular complexity index is 803. The Kier molecular flexibility index (Phi) is 7.05. The van der Waals surface area contributed by atoms with Crippen molar-refractivity contribution in [1.82, 2.24) is 14.8 Å². The van der Waals surface area contributed by atoms with E-state index in [1.54, 1.807) is 18.0 Å². The number of hydrogen-bond acceptors (Lipinski definition) is 5. The van der Waals surface area contributed by atoms with E-state index in [2.05, 4.69) is 9.88 Å². The first-order valence-electron chi connectivity index (χ1n) is 10.1. The van der Waals surface area contributed by atoms with Gasteiger partial charge in [-0.15, -0.1) is 0 Å². The molecule has 0 saturated carbocycles. The van der Waals surface area contributed by atoms with Crippen molar-refractivity contribution in [3.05, 3.63) is 59.8 Å². The molecular formula is C22H28N4O3. The van der Waals surface area contributed by atoms with Gasteiger partial charge in [0.2, 0.25) is 0 Å². The molecule has 29 heavy (non-hydrogen) atoms. The molecule has 154 valence electrons. The number of ether oxygens (including phenoxy) is 1. The average molecular weight is 396 g/mol. The number of benzene rings is 1. The Labute approximate surface area is 171 Å². The van der Waals surface area contributed by atoms with Gasteiger partial charge in [-0.25, -0.2) is 9.78 Å². The summed E-state index contributed by atoms with van der Waals surface area (Å²) in [6, 6.07) is 13.7. The quantitative estimate of drug-likeness (QED) is 0.751. The van der Waals surface area contributed by atoms with Crippen LogP contribution in [0.1, 0.15) is 29.8 Å². The highest BCUT2D eigenvalue weighted by Crippen LogP contribution is 2.16. The van der Waals surface area contributed by atoms with Gasteiger partial charge in [-0.3, -0.25) is 4.79 Å². The molecule has 0 radical (unpaired) electrons. The van der Waals surface area contributed by atoms with E-state index in [9.17, 15) is 9.59 Å². The Morgan fingerprint density at radius 2 is 1.76 bits per heavy atom. The van der Waals surface area contributed by atoms with E-state index in [0.29, 0.717) is 51.4 Å². The topological polar surface area (TPSA) is 66.0 Å². The lowest BCUT2D eigenvalue weighted by molar-refractivity contribution is 0.0752. The van der Waals surface area contributed by atoms with E-state index in [-0.39, 0.29) is 12.0 Å². The second kappa shape index (κ2) is 9.91. The molecule has 0 aliphatic carbocycles. The molecule has 0 bridgehead atoms. The largest absolute Gasteiger partial charge is 0.450 e. The molecule has 0 spiro atoms. The Hall–Kier alpha value is -3.09. The van der Waals surface area contributed by atoms with E-state index in [1.807, 2.05) is 54.3 Å². The fourth-order valence-electron chi connectivity index (χ4n) is 3.35. The van der Waals surface area contributed by atoms with Crippen LogP contribution in [0.3, 0.4) is 0 Å². The Morgan fingerprint density at radius 3 is 2.34 bits per heavy atom. The number of aromatic nitrogens is 1. The third kappa shape index (κ3) is 5.25. The summed E-state index contributed by atoms with van der Waals surface area (Å²) in [5, 5.41) is 0. The fraction of sp³-hybridized carbons (Fsp3) is 0.409. The van der Waals surface area contributed by atoms with Crippen LogP contribution < -0.4 is 4.90 Å². The van der Waals surface area contributed by atoms with Gasteiger partial charge in [-0.2, -0.15) is 0 Å². The van der Waals surface area contributed by atoms with E-state index >= 15 is 0 Å². The smallest absolute Gasteiger partial charge is 0.409 e. The van der Waals surface area contributed by atoms with Crippen molar-refractivity contribution in [1.29, 1.82) is 0 Å². The summed E-state index contributed by atoms with van der Waals surface area (Å²) in [4.78, 5) is 34.8. The van der Waals surface area contributed by atoms with Crippen molar-refractivity contribution >= 4 is 17.8 Å². The maximum Gasteiger partial charge on any atom is 0.409 e. The molecule has 1 saturated heterocycles. The minimum Gasteiger partial charge on any atom is -0.450 e. The lowest BCUT2D eigenvalue weighted by Crippen LogP contribution is -2.49. The SMILES string of the molecule is CCOC(=O)N1CCN(c2ccc(C(=O)N(CC)Cc3ccccc3)cn2)CC1. The molecule has 2 heterocycles. The van der Waals surface area contributed by atoms with E-state index in [1.165, 1.54) is 0 Å². The van der Waals surface area contributed by atoms with E-state index in [4.69, 9.17) is 4.74 Å². The molecular weight excluding hydrogens is 368 g/mol. The van der Waals surface area contributed by atoms with Crippen molar-refractivity contribution in [2.75, 3.05) is 44.2 Å². The molecule has 7 heteroatoms. The van der Waals surface area contributed by atoms with E-state index < -0.39 is 0 Å². The zero-order chi connectivity index (χ0) is 20.6. The fourth-order valence-corrected chi connectivity index (χ4v) is 3.35. The number of nitrogens with zero attached hydrogens (tertiary/aromatic N) is 4. The van der Waals surface area contributed by atoms with Crippen LogP contribution in [0.5, 0.6) is 0 Å². The third-order valence-corrected chi connectivity index (χ3v) is 5.01. The molecule has 7 nitrogen and oxygen atoms in total. The maximum atomic E-state index is 12.9. The second-order valence-corrected chi connectivity index (χ2v) is 6.88. The van der Waals surface area contributed by atoms with Crippen molar-refractivity contribution in [3.63, 3.8) is 0 Å². The van der Waals surface area contributed by atoms with Gasteiger partial charge in [0.1, 0.15) is 5.82 Å². The second-order valence-electron chi connectivity index (χ2n) is 6.88. The highest BCUT2D eigenvalue weighted by atomic mass is 16.6. The Balaban J connectivity index is 1.59. The number of rotatable bonds is 6. The monoisotopic (exact) mass is 396 g/mol. The minimum absolute atomic E-state index is 0.0254. The number of anilines is 1. The zero-order valence-electron chi connectivity index (χ0n) is 17.1. The summed E-state index contributed by atoms with van der Waals surface area (Å²) in [5.41, 5.74) is 1.68. The van der Waals surface area contributed by atoms with Gasteiger partial charge >= 0.3 is 6.09 Å². The maximum absolute atomic E-state index is 12.9. The molecule has 2 amide bonds. The summed E-state index contributed by atoms with van der Waals surface area (Å²) in [7, 11) is 0. The van der Waals surface area contributed by atoms with Gasteiger partial charge in [-0.05, 0) is 31.5 Å². The molecule has 3 rings (SSSR count). The highest BCUT2D eigenvalue weighted by molar-refractivity contribution is 5.94. The van der Waals surface area contributed by atoms with Crippen LogP contribution in [0.25, 0.3) is 0 Å². The molecule has 2 aromatic rings. The summed E-state index contributed by atoms with van der Waals surface area (Å²) in [6.45, 7) is 7.95. The number of amides is 2. The standard InChI is InChI=1S/C22H28N4O3/c1-3-24(17-18-8-6-5-7-9-18)21(27)19-10-11-20(23-16-19)25-12-14-26(15-13-25)22(28)29-4-2/h5-11,16H,3-4,12-15,17H2,1-2H3. The molecule has 1 fully saturated rings. The van der Waals surface area contributed by atoms with Gasteiger partial charge in [-0.1, -0.05) is 30.3 Å². The zero-order valence-corrected chi connectivity index (χ0v) is 17.1. The lowest BCUT2D eigenvalue weighted by Gasteiger charge is -2.34. The van der Waals surface area contributed by atoms with Crippen LogP contribution >= 0.6 is 0 Å². The Morgan fingerprint density at radius 1 is 1.03 bits per heavy atom. The number of piperazine rings is 1. The summed E-state index contributed by atoms with van der Waals surface area (Å²) >= 11 is 0. The third-order valence-electron chi connectivity index (χ3n) is 5.01. The first-order valence-corrected chi connectivity index (χ1v) is 10.1. The molecule has 1 aliphatic heterocycles.